The second-order valence-electron chi connectivity index (χ2n) is 8.08. The quantitative estimate of drug-likeness (QED) is 0.888. The number of ether oxygens (including phenoxy) is 1. The van der Waals surface area contributed by atoms with Crippen molar-refractivity contribution in [3.8, 4) is 0 Å². The molecule has 1 aromatic heterocycles. The molecule has 5 heteroatoms. The summed E-state index contributed by atoms with van der Waals surface area (Å²) < 4.78 is 5.50. The summed E-state index contributed by atoms with van der Waals surface area (Å²) in [7, 11) is 0. The van der Waals surface area contributed by atoms with E-state index in [0.717, 1.165) is 49.1 Å². The number of nitrogens with zero attached hydrogens (tertiary/aromatic N) is 3. The van der Waals surface area contributed by atoms with Crippen molar-refractivity contribution in [1.29, 1.82) is 0 Å². The van der Waals surface area contributed by atoms with E-state index in [1.807, 2.05) is 0 Å². The van der Waals surface area contributed by atoms with Crippen molar-refractivity contribution >= 4 is 5.82 Å². The van der Waals surface area contributed by atoms with Gasteiger partial charge in [0.05, 0.1) is 0 Å². The first kappa shape index (κ1) is 17.2. The molecule has 1 aliphatic carbocycles. The molecule has 0 atom stereocenters. The summed E-state index contributed by atoms with van der Waals surface area (Å²) in [5.74, 6) is 3.45. The van der Waals surface area contributed by atoms with E-state index in [1.54, 1.807) is 0 Å². The number of piperidine rings is 1. The molecule has 3 heterocycles. The number of likely N-dealkylation sites (tertiary alicyclic amines) is 1. The Hall–Kier alpha value is -1.20. The summed E-state index contributed by atoms with van der Waals surface area (Å²) in [6.45, 7) is 7.51. The van der Waals surface area contributed by atoms with Gasteiger partial charge >= 0.3 is 0 Å². The molecule has 0 bridgehead atoms. The Kier molecular flexibility index (Phi) is 5.51. The number of anilines is 1. The van der Waals surface area contributed by atoms with Gasteiger partial charge in [0, 0.05) is 43.5 Å². The summed E-state index contributed by atoms with van der Waals surface area (Å²) in [5, 5.41) is 3.60. The molecular formula is C20H32N4O. The van der Waals surface area contributed by atoms with Gasteiger partial charge in [0.2, 0.25) is 0 Å². The van der Waals surface area contributed by atoms with Crippen LogP contribution in [0, 0.1) is 12.8 Å². The van der Waals surface area contributed by atoms with Crippen molar-refractivity contribution in [2.45, 2.75) is 63.8 Å². The predicted molar refractivity (Wildman–Crippen MR) is 100.0 cm³/mol. The lowest BCUT2D eigenvalue weighted by Crippen LogP contribution is -2.44. The zero-order valence-corrected chi connectivity index (χ0v) is 15.5. The SMILES string of the molecule is Cc1cc(NCC2CCN(C3CCOCC3)CC2)nc(C2CCC2)n1. The third-order valence-corrected chi connectivity index (χ3v) is 6.27. The smallest absolute Gasteiger partial charge is 0.134 e. The van der Waals surface area contributed by atoms with E-state index < -0.39 is 0 Å². The lowest BCUT2D eigenvalue weighted by atomic mass is 9.85. The number of hydrogen-bond acceptors (Lipinski definition) is 5. The normalized spacial score (nSPS) is 24.2. The van der Waals surface area contributed by atoms with Crippen molar-refractivity contribution in [1.82, 2.24) is 14.9 Å². The van der Waals surface area contributed by atoms with Gasteiger partial charge in [-0.05, 0) is 64.5 Å². The number of aryl methyl sites for hydroxylation is 1. The van der Waals surface area contributed by atoms with Crippen LogP contribution in [0.5, 0.6) is 0 Å². The lowest BCUT2D eigenvalue weighted by Gasteiger charge is -2.39. The van der Waals surface area contributed by atoms with Crippen LogP contribution in [0.2, 0.25) is 0 Å². The molecule has 1 aromatic rings. The maximum absolute atomic E-state index is 5.50. The van der Waals surface area contributed by atoms with Crippen molar-refractivity contribution in [3.63, 3.8) is 0 Å². The average Bonchev–Trinajstić information content (AvgIpc) is 2.59. The third-order valence-electron chi connectivity index (χ3n) is 6.27. The number of hydrogen-bond donors (Lipinski definition) is 1. The minimum absolute atomic E-state index is 0.600. The molecule has 1 saturated carbocycles. The summed E-state index contributed by atoms with van der Waals surface area (Å²) >= 11 is 0. The average molecular weight is 345 g/mol. The molecule has 5 nitrogen and oxygen atoms in total. The van der Waals surface area contributed by atoms with Gasteiger partial charge in [-0.3, -0.25) is 0 Å². The summed E-state index contributed by atoms with van der Waals surface area (Å²) in [5.41, 5.74) is 1.09. The van der Waals surface area contributed by atoms with Gasteiger partial charge in [0.15, 0.2) is 0 Å². The molecule has 4 rings (SSSR count). The van der Waals surface area contributed by atoms with Crippen LogP contribution < -0.4 is 5.32 Å². The van der Waals surface area contributed by atoms with Crippen LogP contribution in [-0.2, 0) is 4.74 Å². The summed E-state index contributed by atoms with van der Waals surface area (Å²) in [4.78, 5) is 12.1. The highest BCUT2D eigenvalue weighted by Gasteiger charge is 2.27. The van der Waals surface area contributed by atoms with Crippen LogP contribution in [-0.4, -0.2) is 53.8 Å². The number of nitrogens with one attached hydrogen (secondary N) is 1. The van der Waals surface area contributed by atoms with Crippen molar-refractivity contribution in [3.05, 3.63) is 17.6 Å². The molecule has 0 amide bonds. The van der Waals surface area contributed by atoms with Crippen molar-refractivity contribution in [2.24, 2.45) is 5.92 Å². The van der Waals surface area contributed by atoms with Crippen molar-refractivity contribution in [2.75, 3.05) is 38.2 Å². The Morgan fingerprint density at radius 1 is 1.08 bits per heavy atom. The van der Waals surface area contributed by atoms with Crippen LogP contribution >= 0.6 is 0 Å². The standard InChI is InChI=1S/C20H32N4O/c1-15-13-19(23-20(22-15)17-3-2-4-17)21-14-16-5-9-24(10-6-16)18-7-11-25-12-8-18/h13,16-18H,2-12,14H2,1H3,(H,21,22,23). The van der Waals surface area contributed by atoms with Crippen LogP contribution in [0.1, 0.15) is 62.4 Å². The molecule has 1 N–H and O–H groups in total. The van der Waals surface area contributed by atoms with E-state index in [-0.39, 0.29) is 0 Å². The van der Waals surface area contributed by atoms with E-state index in [9.17, 15) is 0 Å². The van der Waals surface area contributed by atoms with Gasteiger partial charge in [-0.1, -0.05) is 6.42 Å². The van der Waals surface area contributed by atoms with Crippen molar-refractivity contribution < 1.29 is 4.74 Å². The lowest BCUT2D eigenvalue weighted by molar-refractivity contribution is 0.0219. The Labute approximate surface area is 151 Å². The van der Waals surface area contributed by atoms with Gasteiger partial charge in [-0.2, -0.15) is 0 Å². The molecule has 138 valence electrons. The van der Waals surface area contributed by atoms with Crippen LogP contribution in [0.25, 0.3) is 0 Å². The Bertz CT molecular complexity index is 561. The topological polar surface area (TPSA) is 50.3 Å². The Balaban J connectivity index is 1.26. The first-order valence-corrected chi connectivity index (χ1v) is 10.2. The summed E-state index contributed by atoms with van der Waals surface area (Å²) in [6.07, 6.45) is 8.87. The maximum Gasteiger partial charge on any atom is 0.134 e. The molecule has 25 heavy (non-hydrogen) atoms. The molecule has 0 aromatic carbocycles. The first-order chi connectivity index (χ1) is 12.3. The molecule has 0 spiro atoms. The maximum atomic E-state index is 5.50. The molecule has 2 aliphatic heterocycles. The van der Waals surface area contributed by atoms with E-state index in [1.165, 1.54) is 58.0 Å². The number of aromatic nitrogens is 2. The fourth-order valence-electron chi connectivity index (χ4n) is 4.35. The first-order valence-electron chi connectivity index (χ1n) is 10.2. The Morgan fingerprint density at radius 3 is 2.52 bits per heavy atom. The zero-order chi connectivity index (χ0) is 17.1. The van der Waals surface area contributed by atoms with Gasteiger partial charge in [-0.25, -0.2) is 9.97 Å². The van der Waals surface area contributed by atoms with Crippen LogP contribution in [0.4, 0.5) is 5.82 Å². The van der Waals surface area contributed by atoms with E-state index in [0.29, 0.717) is 5.92 Å². The molecule has 2 saturated heterocycles. The fourth-order valence-corrected chi connectivity index (χ4v) is 4.35. The minimum atomic E-state index is 0.600. The van der Waals surface area contributed by atoms with E-state index in [4.69, 9.17) is 9.72 Å². The van der Waals surface area contributed by atoms with E-state index >= 15 is 0 Å². The van der Waals surface area contributed by atoms with Crippen LogP contribution in [0.3, 0.4) is 0 Å². The second kappa shape index (κ2) is 8.00. The molecule has 3 aliphatic rings. The largest absolute Gasteiger partial charge is 0.381 e. The monoisotopic (exact) mass is 344 g/mol. The van der Waals surface area contributed by atoms with Gasteiger partial charge in [0.25, 0.3) is 0 Å². The highest BCUT2D eigenvalue weighted by Crippen LogP contribution is 2.34. The molecule has 3 fully saturated rings. The van der Waals surface area contributed by atoms with Gasteiger partial charge in [0.1, 0.15) is 11.6 Å². The fraction of sp³-hybridized carbons (Fsp3) is 0.800. The number of rotatable bonds is 5. The molecular weight excluding hydrogens is 312 g/mol. The minimum Gasteiger partial charge on any atom is -0.381 e. The van der Waals surface area contributed by atoms with E-state index in [2.05, 4.69) is 28.2 Å². The highest BCUT2D eigenvalue weighted by atomic mass is 16.5. The van der Waals surface area contributed by atoms with Gasteiger partial charge < -0.3 is 15.0 Å². The predicted octanol–water partition coefficient (Wildman–Crippen LogP) is 3.36. The second-order valence-corrected chi connectivity index (χ2v) is 8.08. The zero-order valence-electron chi connectivity index (χ0n) is 15.5. The van der Waals surface area contributed by atoms with Crippen LogP contribution in [0.15, 0.2) is 6.07 Å². The third kappa shape index (κ3) is 4.32. The molecule has 0 unspecified atom stereocenters. The molecule has 0 radical (unpaired) electrons. The van der Waals surface area contributed by atoms with Gasteiger partial charge in [-0.15, -0.1) is 0 Å². The highest BCUT2D eigenvalue weighted by molar-refractivity contribution is 5.36. The summed E-state index contributed by atoms with van der Waals surface area (Å²) in [6, 6.07) is 2.86. The Morgan fingerprint density at radius 2 is 1.84 bits per heavy atom.